The Kier molecular flexibility index (Phi) is 6.98. The van der Waals surface area contributed by atoms with E-state index in [1.807, 2.05) is 43.6 Å². The van der Waals surface area contributed by atoms with E-state index in [1.165, 1.54) is 0 Å². The highest BCUT2D eigenvalue weighted by atomic mass is 35.5. The van der Waals surface area contributed by atoms with Crippen LogP contribution >= 0.6 is 11.6 Å². The number of aromatic nitrogens is 3. The van der Waals surface area contributed by atoms with Gasteiger partial charge in [0, 0.05) is 49.2 Å². The van der Waals surface area contributed by atoms with Crippen molar-refractivity contribution in [3.63, 3.8) is 0 Å². The highest BCUT2D eigenvalue weighted by molar-refractivity contribution is 6.32. The molecule has 4 rings (SSSR count). The van der Waals surface area contributed by atoms with Crippen molar-refractivity contribution in [2.75, 3.05) is 38.8 Å². The smallest absolute Gasteiger partial charge is 0.407 e. The molecule has 9 nitrogen and oxygen atoms in total. The Morgan fingerprint density at radius 1 is 1.17 bits per heavy atom. The molecule has 0 unspecified atom stereocenters. The minimum absolute atomic E-state index is 0.329. The average Bonchev–Trinajstić information content (AvgIpc) is 3.25. The number of hydrogen-bond donors (Lipinski definition) is 1. The van der Waals surface area contributed by atoms with Crippen molar-refractivity contribution in [2.45, 2.75) is 39.2 Å². The van der Waals surface area contributed by atoms with E-state index in [0.717, 1.165) is 37.3 Å². The number of amides is 1. The lowest BCUT2D eigenvalue weighted by Gasteiger charge is -2.39. The van der Waals surface area contributed by atoms with Crippen molar-refractivity contribution in [1.29, 1.82) is 0 Å². The second-order valence-corrected chi connectivity index (χ2v) is 10.2. The van der Waals surface area contributed by atoms with Crippen LogP contribution in [0.3, 0.4) is 0 Å². The Hall–Kier alpha value is -3.20. The Morgan fingerprint density at radius 2 is 1.86 bits per heavy atom. The molecule has 3 heterocycles. The number of benzene rings is 1. The number of halogens is 1. The van der Waals surface area contributed by atoms with Gasteiger partial charge in [-0.05, 0) is 51.7 Å². The third-order valence-corrected chi connectivity index (χ3v) is 6.78. The van der Waals surface area contributed by atoms with Crippen molar-refractivity contribution >= 4 is 29.3 Å². The molecule has 0 saturated carbocycles. The zero-order valence-electron chi connectivity index (χ0n) is 20.8. The summed E-state index contributed by atoms with van der Waals surface area (Å²) in [4.78, 5) is 25.0. The quantitative estimate of drug-likeness (QED) is 0.504. The molecule has 0 aliphatic carbocycles. The van der Waals surface area contributed by atoms with Crippen molar-refractivity contribution < 1.29 is 19.4 Å². The molecule has 188 valence electrons. The van der Waals surface area contributed by atoms with Gasteiger partial charge in [-0.15, -0.1) is 0 Å². The molecule has 1 aliphatic rings. The van der Waals surface area contributed by atoms with E-state index >= 15 is 0 Å². The molecule has 1 aliphatic heterocycles. The molecular formula is C25H32ClN5O4. The Morgan fingerprint density at radius 3 is 2.46 bits per heavy atom. The monoisotopic (exact) mass is 501 g/mol. The van der Waals surface area contributed by atoms with Crippen LogP contribution in [0.2, 0.25) is 5.02 Å². The number of piperidine rings is 1. The fourth-order valence-corrected chi connectivity index (χ4v) is 4.71. The zero-order chi connectivity index (χ0) is 25.3. The van der Waals surface area contributed by atoms with Crippen LogP contribution in [0.5, 0.6) is 11.5 Å². The number of methoxy groups -OCH3 is 2. The van der Waals surface area contributed by atoms with Gasteiger partial charge in [0.2, 0.25) is 5.78 Å². The van der Waals surface area contributed by atoms with Gasteiger partial charge in [0.1, 0.15) is 17.3 Å². The van der Waals surface area contributed by atoms with E-state index in [2.05, 4.69) is 4.90 Å². The summed E-state index contributed by atoms with van der Waals surface area (Å²) in [7, 11) is 3.16. The van der Waals surface area contributed by atoms with Gasteiger partial charge < -0.3 is 24.4 Å². The number of ether oxygens (including phenoxy) is 2. The second kappa shape index (κ2) is 9.81. The van der Waals surface area contributed by atoms with Crippen LogP contribution < -0.4 is 14.4 Å². The van der Waals surface area contributed by atoms with Gasteiger partial charge in [-0.25, -0.2) is 9.78 Å². The first-order valence-electron chi connectivity index (χ1n) is 11.6. The number of hydrogen-bond acceptors (Lipinski definition) is 6. The van der Waals surface area contributed by atoms with Crippen molar-refractivity contribution in [3.05, 3.63) is 35.6 Å². The normalized spacial score (nSPS) is 14.9. The van der Waals surface area contributed by atoms with Crippen molar-refractivity contribution in [3.8, 4) is 22.8 Å². The largest absolute Gasteiger partial charge is 0.496 e. The Labute approximate surface area is 210 Å². The number of imidazole rings is 1. The predicted octanol–water partition coefficient (Wildman–Crippen LogP) is 5.06. The van der Waals surface area contributed by atoms with E-state index in [4.69, 9.17) is 31.0 Å². The zero-order valence-corrected chi connectivity index (χ0v) is 21.5. The van der Waals surface area contributed by atoms with Gasteiger partial charge in [0.15, 0.2) is 0 Å². The number of carbonyl (C=O) groups is 1. The molecule has 2 aromatic heterocycles. The maximum absolute atomic E-state index is 11.7. The Bertz CT molecular complexity index is 1210. The van der Waals surface area contributed by atoms with E-state index in [9.17, 15) is 9.90 Å². The van der Waals surface area contributed by atoms with Crippen LogP contribution in [0.25, 0.3) is 17.0 Å². The second-order valence-electron chi connectivity index (χ2n) is 9.80. The average molecular weight is 502 g/mol. The lowest BCUT2D eigenvalue weighted by molar-refractivity contribution is 0.0852. The third kappa shape index (κ3) is 5.24. The molecule has 0 radical (unpaired) electrons. The molecule has 0 bridgehead atoms. The van der Waals surface area contributed by atoms with E-state index in [0.29, 0.717) is 40.5 Å². The van der Waals surface area contributed by atoms with Crippen LogP contribution in [0.1, 0.15) is 33.6 Å². The molecule has 3 aromatic rings. The van der Waals surface area contributed by atoms with Gasteiger partial charge in [-0.2, -0.15) is 4.98 Å². The third-order valence-electron chi connectivity index (χ3n) is 6.48. The summed E-state index contributed by atoms with van der Waals surface area (Å²) in [6, 6.07) is 5.51. The summed E-state index contributed by atoms with van der Waals surface area (Å²) >= 11 is 6.35. The maximum Gasteiger partial charge on any atom is 0.407 e. The van der Waals surface area contributed by atoms with Crippen LogP contribution in [0.15, 0.2) is 30.6 Å². The van der Waals surface area contributed by atoms with Crippen LogP contribution in [-0.2, 0) is 0 Å². The van der Waals surface area contributed by atoms with Crippen molar-refractivity contribution in [2.24, 2.45) is 5.92 Å². The SMILES string of the molecule is COc1cc(OC)c(-c2cn3ccc(N4CCC(CN(C(=O)O)C(C)(C)C)CC4)nc3n2)cc1Cl. The molecule has 0 atom stereocenters. The first kappa shape index (κ1) is 24.9. The fraction of sp³-hybridized carbons (Fsp3) is 0.480. The molecule has 1 saturated heterocycles. The molecule has 10 heteroatoms. The van der Waals surface area contributed by atoms with Gasteiger partial charge in [-0.1, -0.05) is 11.6 Å². The topological polar surface area (TPSA) is 92.4 Å². The summed E-state index contributed by atoms with van der Waals surface area (Å²) in [5.74, 6) is 2.92. The number of nitrogens with zero attached hydrogens (tertiary/aromatic N) is 5. The van der Waals surface area contributed by atoms with Crippen LogP contribution in [0, 0.1) is 5.92 Å². The minimum Gasteiger partial charge on any atom is -0.496 e. The molecule has 35 heavy (non-hydrogen) atoms. The molecule has 0 spiro atoms. The van der Waals surface area contributed by atoms with Gasteiger partial charge in [0.25, 0.3) is 0 Å². The number of fused-ring (bicyclic) bond motifs is 1. The van der Waals surface area contributed by atoms with Crippen LogP contribution in [-0.4, -0.2) is 69.9 Å². The maximum atomic E-state index is 11.7. The van der Waals surface area contributed by atoms with Gasteiger partial charge in [0.05, 0.1) is 24.9 Å². The minimum atomic E-state index is -0.864. The standard InChI is InChI=1S/C25H32ClN5O4/c1-25(2,3)31(24(32)33)14-16-6-9-29(10-7-16)22-8-11-30-15-19(27-23(30)28-22)17-12-18(26)21(35-5)13-20(17)34-4/h8,11-13,15-16H,6-7,9-10,14H2,1-5H3,(H,32,33). The lowest BCUT2D eigenvalue weighted by atomic mass is 9.94. The van der Waals surface area contributed by atoms with E-state index in [1.54, 1.807) is 31.3 Å². The summed E-state index contributed by atoms with van der Waals surface area (Å²) in [6.07, 6.45) is 4.80. The summed E-state index contributed by atoms with van der Waals surface area (Å²) < 4.78 is 12.7. The molecule has 1 aromatic carbocycles. The van der Waals surface area contributed by atoms with E-state index < -0.39 is 11.6 Å². The van der Waals surface area contributed by atoms with Gasteiger partial charge in [-0.3, -0.25) is 4.40 Å². The summed E-state index contributed by atoms with van der Waals surface area (Å²) in [6.45, 7) is 7.99. The first-order valence-corrected chi connectivity index (χ1v) is 12.0. The lowest BCUT2D eigenvalue weighted by Crippen LogP contribution is -2.49. The Balaban J connectivity index is 1.50. The predicted molar refractivity (Wildman–Crippen MR) is 136 cm³/mol. The first-order chi connectivity index (χ1) is 16.6. The molecule has 1 amide bonds. The number of anilines is 1. The number of carboxylic acid groups (broad SMARTS) is 1. The van der Waals surface area contributed by atoms with E-state index in [-0.39, 0.29) is 0 Å². The fourth-order valence-electron chi connectivity index (χ4n) is 4.47. The molecule has 1 fully saturated rings. The van der Waals surface area contributed by atoms with Crippen LogP contribution in [0.4, 0.5) is 10.6 Å². The number of rotatable bonds is 6. The van der Waals surface area contributed by atoms with Crippen molar-refractivity contribution in [1.82, 2.24) is 19.3 Å². The summed E-state index contributed by atoms with van der Waals surface area (Å²) in [5.41, 5.74) is 1.05. The molecular weight excluding hydrogens is 470 g/mol. The molecule has 1 N–H and O–H groups in total. The highest BCUT2D eigenvalue weighted by Crippen LogP contribution is 2.38. The summed E-state index contributed by atoms with van der Waals surface area (Å²) in [5, 5.41) is 10.1. The highest BCUT2D eigenvalue weighted by Gasteiger charge is 2.30. The van der Waals surface area contributed by atoms with Gasteiger partial charge >= 0.3 is 6.09 Å².